The van der Waals surface area contributed by atoms with Gasteiger partial charge in [0.2, 0.25) is 0 Å². The molecule has 1 aromatic carbocycles. The molecular weight excluding hydrogens is 345 g/mol. The van der Waals surface area contributed by atoms with Crippen molar-refractivity contribution in [3.8, 4) is 0 Å². The van der Waals surface area contributed by atoms with Gasteiger partial charge < -0.3 is 9.15 Å². The first-order chi connectivity index (χ1) is 9.28. The second-order valence-electron chi connectivity index (χ2n) is 5.88. The number of nitrogens with zero attached hydrogens (tertiary/aromatic N) is 1. The van der Waals surface area contributed by atoms with Crippen LogP contribution < -0.4 is 5.76 Å². The molecule has 0 N–H and O–H groups in total. The van der Waals surface area contributed by atoms with Gasteiger partial charge in [-0.25, -0.2) is 13.8 Å². The van der Waals surface area contributed by atoms with E-state index in [0.29, 0.717) is 17.7 Å². The summed E-state index contributed by atoms with van der Waals surface area (Å²) in [5, 5.41) is 0. The SMILES string of the molecule is C[Si](C)(C)CCOCn1c(=O)oc2cc(Br)c(F)cc21. The first kappa shape index (κ1) is 15.5. The van der Waals surface area contributed by atoms with E-state index < -0.39 is 19.6 Å². The highest BCUT2D eigenvalue weighted by Crippen LogP contribution is 2.22. The summed E-state index contributed by atoms with van der Waals surface area (Å²) >= 11 is 3.06. The first-order valence-electron chi connectivity index (χ1n) is 6.34. The van der Waals surface area contributed by atoms with E-state index in [2.05, 4.69) is 35.6 Å². The highest BCUT2D eigenvalue weighted by atomic mass is 79.9. The summed E-state index contributed by atoms with van der Waals surface area (Å²) < 4.78 is 25.7. The number of fused-ring (bicyclic) bond motifs is 1. The van der Waals surface area contributed by atoms with E-state index in [-0.39, 0.29) is 11.2 Å². The summed E-state index contributed by atoms with van der Waals surface area (Å²) in [7, 11) is -1.16. The molecule has 0 spiro atoms. The number of oxazole rings is 1. The molecule has 0 unspecified atom stereocenters. The number of benzene rings is 1. The molecule has 0 aliphatic rings. The predicted octanol–water partition coefficient (Wildman–Crippen LogP) is 3.81. The molecule has 0 fully saturated rings. The lowest BCUT2D eigenvalue weighted by Crippen LogP contribution is -2.23. The molecule has 2 rings (SSSR count). The highest BCUT2D eigenvalue weighted by Gasteiger charge is 2.14. The fraction of sp³-hybridized carbons (Fsp3) is 0.462. The Hall–Kier alpha value is -0.923. The van der Waals surface area contributed by atoms with Gasteiger partial charge in [-0.05, 0) is 22.0 Å². The molecule has 0 bridgehead atoms. The standard InChI is InChI=1S/C13H17BrFNO3Si/c1-20(2,3)5-4-18-8-16-11-7-10(15)9(14)6-12(11)19-13(16)17/h6-7H,4-5,8H2,1-3H3. The van der Waals surface area contributed by atoms with Gasteiger partial charge >= 0.3 is 5.76 Å². The topological polar surface area (TPSA) is 44.4 Å². The number of aromatic nitrogens is 1. The van der Waals surface area contributed by atoms with E-state index in [1.165, 1.54) is 16.7 Å². The molecule has 7 heteroatoms. The fourth-order valence-electron chi connectivity index (χ4n) is 1.71. The Balaban J connectivity index is 2.16. The van der Waals surface area contributed by atoms with Gasteiger partial charge in [0.15, 0.2) is 5.58 Å². The van der Waals surface area contributed by atoms with E-state index in [1.54, 1.807) is 0 Å². The zero-order chi connectivity index (χ0) is 14.9. The van der Waals surface area contributed by atoms with E-state index in [1.807, 2.05) is 0 Å². The van der Waals surface area contributed by atoms with Crippen LogP contribution in [0.3, 0.4) is 0 Å². The number of hydrogen-bond acceptors (Lipinski definition) is 3. The maximum Gasteiger partial charge on any atom is 0.421 e. The van der Waals surface area contributed by atoms with Gasteiger partial charge in [-0.15, -0.1) is 0 Å². The fourth-order valence-corrected chi connectivity index (χ4v) is 2.79. The summed E-state index contributed by atoms with van der Waals surface area (Å²) in [5.41, 5.74) is 0.751. The maximum absolute atomic E-state index is 13.5. The van der Waals surface area contributed by atoms with Crippen LogP contribution in [0.4, 0.5) is 4.39 Å². The third kappa shape index (κ3) is 3.59. The molecule has 1 heterocycles. The number of hydrogen-bond donors (Lipinski definition) is 0. The van der Waals surface area contributed by atoms with E-state index in [4.69, 9.17) is 9.15 Å². The van der Waals surface area contributed by atoms with Gasteiger partial charge in [0.05, 0.1) is 9.99 Å². The van der Waals surface area contributed by atoms with E-state index in [0.717, 1.165) is 6.04 Å². The van der Waals surface area contributed by atoms with E-state index in [9.17, 15) is 9.18 Å². The second-order valence-corrected chi connectivity index (χ2v) is 12.4. The quantitative estimate of drug-likeness (QED) is 0.600. The summed E-state index contributed by atoms with van der Waals surface area (Å²) in [6.45, 7) is 7.43. The lowest BCUT2D eigenvalue weighted by molar-refractivity contribution is 0.0850. The highest BCUT2D eigenvalue weighted by molar-refractivity contribution is 9.10. The van der Waals surface area contributed by atoms with Crippen LogP contribution in [0.1, 0.15) is 0 Å². The zero-order valence-corrected chi connectivity index (χ0v) is 14.3. The maximum atomic E-state index is 13.5. The van der Waals surface area contributed by atoms with Crippen molar-refractivity contribution < 1.29 is 13.5 Å². The summed E-state index contributed by atoms with van der Waals surface area (Å²) in [4.78, 5) is 11.7. The zero-order valence-electron chi connectivity index (χ0n) is 11.7. The molecule has 0 saturated heterocycles. The number of rotatable bonds is 5. The average molecular weight is 362 g/mol. The molecule has 20 heavy (non-hydrogen) atoms. The Labute approximate surface area is 125 Å². The molecule has 0 saturated carbocycles. The Kier molecular flexibility index (Phi) is 4.51. The van der Waals surface area contributed by atoms with Crippen molar-refractivity contribution in [2.45, 2.75) is 32.4 Å². The molecule has 0 radical (unpaired) electrons. The minimum Gasteiger partial charge on any atom is -0.408 e. The third-order valence-corrected chi connectivity index (χ3v) is 5.24. The third-order valence-electron chi connectivity index (χ3n) is 2.93. The predicted molar refractivity (Wildman–Crippen MR) is 82.2 cm³/mol. The Morgan fingerprint density at radius 1 is 1.40 bits per heavy atom. The first-order valence-corrected chi connectivity index (χ1v) is 10.8. The lowest BCUT2D eigenvalue weighted by atomic mass is 10.3. The van der Waals surface area contributed by atoms with Gasteiger partial charge in [0.1, 0.15) is 12.5 Å². The van der Waals surface area contributed by atoms with Crippen LogP contribution in [-0.2, 0) is 11.5 Å². The molecule has 2 aromatic rings. The van der Waals surface area contributed by atoms with Gasteiger partial charge in [-0.2, -0.15) is 0 Å². The molecular formula is C13H17BrFNO3Si. The largest absolute Gasteiger partial charge is 0.421 e. The van der Waals surface area contributed by atoms with Gasteiger partial charge in [-0.3, -0.25) is 0 Å². The summed E-state index contributed by atoms with van der Waals surface area (Å²) in [6, 6.07) is 3.73. The molecule has 4 nitrogen and oxygen atoms in total. The van der Waals surface area contributed by atoms with Crippen LogP contribution in [0.15, 0.2) is 25.8 Å². The summed E-state index contributed by atoms with van der Waals surface area (Å²) in [6.07, 6.45) is 0. The smallest absolute Gasteiger partial charge is 0.408 e. The lowest BCUT2D eigenvalue weighted by Gasteiger charge is -2.15. The van der Waals surface area contributed by atoms with Crippen molar-refractivity contribution in [2.75, 3.05) is 6.61 Å². The van der Waals surface area contributed by atoms with E-state index >= 15 is 0 Å². The monoisotopic (exact) mass is 361 g/mol. The van der Waals surface area contributed by atoms with Gasteiger partial charge in [0, 0.05) is 26.8 Å². The van der Waals surface area contributed by atoms with Crippen LogP contribution in [0.2, 0.25) is 25.7 Å². The van der Waals surface area contributed by atoms with Crippen molar-refractivity contribution >= 4 is 35.1 Å². The normalized spacial score (nSPS) is 12.2. The van der Waals surface area contributed by atoms with Crippen LogP contribution in [0.25, 0.3) is 11.1 Å². The Morgan fingerprint density at radius 3 is 2.75 bits per heavy atom. The van der Waals surface area contributed by atoms with Crippen LogP contribution >= 0.6 is 15.9 Å². The van der Waals surface area contributed by atoms with Crippen molar-refractivity contribution in [1.29, 1.82) is 0 Å². The second kappa shape index (κ2) is 5.83. The molecule has 0 atom stereocenters. The van der Waals surface area contributed by atoms with Crippen LogP contribution in [0.5, 0.6) is 0 Å². The van der Waals surface area contributed by atoms with Gasteiger partial charge in [-0.1, -0.05) is 19.6 Å². The molecule has 0 amide bonds. The Bertz CT molecular complexity index is 675. The van der Waals surface area contributed by atoms with Crippen molar-refractivity contribution in [3.63, 3.8) is 0 Å². The molecule has 1 aromatic heterocycles. The minimum absolute atomic E-state index is 0.0807. The van der Waals surface area contributed by atoms with Crippen molar-refractivity contribution in [3.05, 3.63) is 33.0 Å². The minimum atomic E-state index is -1.16. The Morgan fingerprint density at radius 2 is 2.10 bits per heavy atom. The molecule has 0 aliphatic heterocycles. The van der Waals surface area contributed by atoms with Crippen molar-refractivity contribution in [2.24, 2.45) is 0 Å². The molecule has 110 valence electrons. The number of halogens is 2. The van der Waals surface area contributed by atoms with Crippen molar-refractivity contribution in [1.82, 2.24) is 4.57 Å². The number of ether oxygens (including phenoxy) is 1. The average Bonchev–Trinajstić information content (AvgIpc) is 2.60. The van der Waals surface area contributed by atoms with Crippen LogP contribution in [-0.4, -0.2) is 19.2 Å². The van der Waals surface area contributed by atoms with Gasteiger partial charge in [0.25, 0.3) is 0 Å². The summed E-state index contributed by atoms with van der Waals surface area (Å²) in [5.74, 6) is -0.973. The molecule has 0 aliphatic carbocycles. The van der Waals surface area contributed by atoms with Crippen LogP contribution in [0, 0.1) is 5.82 Å².